The van der Waals surface area contributed by atoms with Gasteiger partial charge in [0, 0.05) is 18.7 Å². The number of nitrogens with one attached hydrogen (secondary N) is 2. The Bertz CT molecular complexity index is 492. The number of rotatable bonds is 6. The van der Waals surface area contributed by atoms with Gasteiger partial charge in [-0.05, 0) is 30.7 Å². The summed E-state index contributed by atoms with van der Waals surface area (Å²) in [6.45, 7) is 1.23. The molecule has 0 bridgehead atoms. The Labute approximate surface area is 115 Å². The van der Waals surface area contributed by atoms with Crippen molar-refractivity contribution < 1.29 is 18.0 Å². The predicted molar refractivity (Wildman–Crippen MR) is 70.9 cm³/mol. The van der Waals surface area contributed by atoms with Gasteiger partial charge < -0.3 is 10.6 Å². The van der Waals surface area contributed by atoms with Crippen molar-refractivity contribution in [2.45, 2.75) is 25.6 Å². The molecular formula is C14H15F3N2O. The fourth-order valence-corrected chi connectivity index (χ4v) is 1.51. The Kier molecular flexibility index (Phi) is 6.07. The molecule has 0 heterocycles. The zero-order valence-electron chi connectivity index (χ0n) is 10.8. The van der Waals surface area contributed by atoms with Crippen LogP contribution in [0.15, 0.2) is 24.3 Å². The Morgan fingerprint density at radius 3 is 2.75 bits per heavy atom. The van der Waals surface area contributed by atoms with Crippen LogP contribution in [0.25, 0.3) is 0 Å². The minimum Gasteiger partial charge on any atom is -0.318 e. The second-order valence-corrected chi connectivity index (χ2v) is 4.14. The monoisotopic (exact) mass is 284 g/mol. The first-order chi connectivity index (χ1) is 9.43. The maximum atomic E-state index is 12.1. The lowest BCUT2D eigenvalue weighted by molar-refractivity contribution is -0.167. The molecule has 1 rings (SSSR count). The van der Waals surface area contributed by atoms with Gasteiger partial charge in [-0.2, -0.15) is 13.2 Å². The molecule has 0 aliphatic carbocycles. The fraction of sp³-hybridized carbons (Fsp3) is 0.357. The highest BCUT2D eigenvalue weighted by atomic mass is 19.4. The molecule has 0 atom stereocenters. The third-order valence-corrected chi connectivity index (χ3v) is 2.45. The van der Waals surface area contributed by atoms with Crippen LogP contribution in [0.5, 0.6) is 0 Å². The highest BCUT2D eigenvalue weighted by molar-refractivity contribution is 5.94. The molecule has 6 heteroatoms. The lowest BCUT2D eigenvalue weighted by atomic mass is 10.2. The van der Waals surface area contributed by atoms with Gasteiger partial charge in [-0.3, -0.25) is 4.79 Å². The Morgan fingerprint density at radius 1 is 1.35 bits per heavy atom. The van der Waals surface area contributed by atoms with Crippen LogP contribution in [-0.2, 0) is 11.3 Å². The maximum absolute atomic E-state index is 12.1. The molecule has 0 spiro atoms. The molecule has 1 amide bonds. The second kappa shape index (κ2) is 7.56. The molecule has 1 aromatic rings. The summed E-state index contributed by atoms with van der Waals surface area (Å²) in [4.78, 5) is 10.8. The number of terminal acetylenes is 1. The molecule has 0 unspecified atom stereocenters. The second-order valence-electron chi connectivity index (χ2n) is 4.14. The number of carbonyl (C=O) groups is 1. The van der Waals surface area contributed by atoms with E-state index in [1.54, 1.807) is 12.1 Å². The van der Waals surface area contributed by atoms with Crippen molar-refractivity contribution in [1.82, 2.24) is 5.32 Å². The van der Waals surface area contributed by atoms with Crippen LogP contribution >= 0.6 is 0 Å². The molecule has 3 nitrogen and oxygen atoms in total. The van der Waals surface area contributed by atoms with E-state index in [0.29, 0.717) is 13.0 Å². The summed E-state index contributed by atoms with van der Waals surface area (Å²) in [5.41, 5.74) is 0.904. The van der Waals surface area contributed by atoms with Crippen molar-refractivity contribution in [3.63, 3.8) is 0 Å². The third kappa shape index (κ3) is 5.76. The van der Waals surface area contributed by atoms with Gasteiger partial charge in [-0.1, -0.05) is 12.1 Å². The minimum absolute atomic E-state index is 0.121. The highest BCUT2D eigenvalue weighted by Gasteiger charge is 2.38. The van der Waals surface area contributed by atoms with Gasteiger partial charge in [0.2, 0.25) is 0 Å². The quantitative estimate of drug-likeness (QED) is 0.623. The van der Waals surface area contributed by atoms with Gasteiger partial charge in [-0.25, -0.2) is 0 Å². The van der Waals surface area contributed by atoms with E-state index in [2.05, 4.69) is 11.2 Å². The van der Waals surface area contributed by atoms with Crippen LogP contribution in [0.1, 0.15) is 18.4 Å². The molecule has 0 saturated heterocycles. The van der Waals surface area contributed by atoms with Crippen molar-refractivity contribution in [2.75, 3.05) is 11.9 Å². The summed E-state index contributed by atoms with van der Waals surface area (Å²) in [5, 5.41) is 4.93. The predicted octanol–water partition coefficient (Wildman–Crippen LogP) is 2.69. The van der Waals surface area contributed by atoms with Crippen molar-refractivity contribution in [3.8, 4) is 12.3 Å². The van der Waals surface area contributed by atoms with Crippen LogP contribution < -0.4 is 10.6 Å². The first-order valence-corrected chi connectivity index (χ1v) is 6.05. The van der Waals surface area contributed by atoms with Crippen molar-refractivity contribution in [2.24, 2.45) is 0 Å². The number of hydrogen-bond acceptors (Lipinski definition) is 2. The number of carbonyl (C=O) groups excluding carboxylic acids is 1. The topological polar surface area (TPSA) is 41.1 Å². The van der Waals surface area contributed by atoms with Crippen LogP contribution in [0.4, 0.5) is 18.9 Å². The first-order valence-electron chi connectivity index (χ1n) is 6.05. The smallest absolute Gasteiger partial charge is 0.318 e. The summed E-state index contributed by atoms with van der Waals surface area (Å²) in [7, 11) is 0. The molecule has 108 valence electrons. The number of alkyl halides is 3. The van der Waals surface area contributed by atoms with Crippen molar-refractivity contribution in [3.05, 3.63) is 29.8 Å². The van der Waals surface area contributed by atoms with E-state index in [0.717, 1.165) is 18.5 Å². The zero-order chi connectivity index (χ0) is 15.0. The minimum atomic E-state index is -4.89. The van der Waals surface area contributed by atoms with E-state index in [4.69, 9.17) is 6.42 Å². The van der Waals surface area contributed by atoms with E-state index in [1.165, 1.54) is 12.1 Å². The molecule has 20 heavy (non-hydrogen) atoms. The Morgan fingerprint density at radius 2 is 2.10 bits per heavy atom. The lowest BCUT2D eigenvalue weighted by Crippen LogP contribution is -2.29. The fourth-order valence-electron chi connectivity index (χ4n) is 1.51. The number of unbranched alkanes of at least 4 members (excludes halogenated alkanes) is 1. The number of amides is 1. The van der Waals surface area contributed by atoms with Crippen molar-refractivity contribution in [1.29, 1.82) is 0 Å². The molecule has 0 saturated carbocycles. The lowest BCUT2D eigenvalue weighted by Gasteiger charge is -2.09. The van der Waals surface area contributed by atoms with Gasteiger partial charge in [0.15, 0.2) is 0 Å². The third-order valence-electron chi connectivity index (χ3n) is 2.45. The SMILES string of the molecule is C#CCCCNCc1cccc(NC(=O)C(F)(F)F)c1. The van der Waals surface area contributed by atoms with Gasteiger partial charge in [0.25, 0.3) is 0 Å². The normalized spacial score (nSPS) is 10.9. The molecule has 2 N–H and O–H groups in total. The largest absolute Gasteiger partial charge is 0.471 e. The molecular weight excluding hydrogens is 269 g/mol. The number of halogens is 3. The average molecular weight is 284 g/mol. The average Bonchev–Trinajstić information content (AvgIpc) is 2.38. The standard InChI is InChI=1S/C14H15F3N2O/c1-2-3-4-8-18-10-11-6-5-7-12(9-11)19-13(20)14(15,16)17/h1,5-7,9,18H,3-4,8,10H2,(H,19,20). The van der Waals surface area contributed by atoms with E-state index in [1.807, 2.05) is 5.32 Å². The van der Waals surface area contributed by atoms with Gasteiger partial charge in [-0.15, -0.1) is 12.3 Å². The summed E-state index contributed by atoms with van der Waals surface area (Å²) in [6, 6.07) is 6.26. The molecule has 0 aromatic heterocycles. The van der Waals surface area contributed by atoms with Crippen LogP contribution in [-0.4, -0.2) is 18.6 Å². The van der Waals surface area contributed by atoms with E-state index >= 15 is 0 Å². The molecule has 0 fully saturated rings. The molecule has 0 aliphatic rings. The summed E-state index contributed by atoms with van der Waals surface area (Å²) in [6.07, 6.45) is 1.74. The van der Waals surface area contributed by atoms with E-state index in [9.17, 15) is 18.0 Å². The molecule has 0 aliphatic heterocycles. The van der Waals surface area contributed by atoms with Crippen LogP contribution in [0.2, 0.25) is 0 Å². The Hall–Kier alpha value is -2.00. The van der Waals surface area contributed by atoms with Crippen LogP contribution in [0, 0.1) is 12.3 Å². The molecule has 1 aromatic carbocycles. The van der Waals surface area contributed by atoms with Gasteiger partial charge >= 0.3 is 12.1 Å². The summed E-state index contributed by atoms with van der Waals surface area (Å²) >= 11 is 0. The number of benzene rings is 1. The zero-order valence-corrected chi connectivity index (χ0v) is 10.8. The van der Waals surface area contributed by atoms with Crippen molar-refractivity contribution >= 4 is 11.6 Å². The number of hydrogen-bond donors (Lipinski definition) is 2. The summed E-state index contributed by atoms with van der Waals surface area (Å²) < 4.78 is 36.3. The van der Waals surface area contributed by atoms with Crippen LogP contribution in [0.3, 0.4) is 0 Å². The van der Waals surface area contributed by atoms with E-state index < -0.39 is 12.1 Å². The van der Waals surface area contributed by atoms with Gasteiger partial charge in [0.1, 0.15) is 0 Å². The number of anilines is 1. The molecule has 0 radical (unpaired) electrons. The Balaban J connectivity index is 2.50. The van der Waals surface area contributed by atoms with Gasteiger partial charge in [0.05, 0.1) is 0 Å². The highest BCUT2D eigenvalue weighted by Crippen LogP contribution is 2.18. The van der Waals surface area contributed by atoms with E-state index in [-0.39, 0.29) is 5.69 Å². The summed E-state index contributed by atoms with van der Waals surface area (Å²) in [5.74, 6) is 0.542. The maximum Gasteiger partial charge on any atom is 0.471 e. The first kappa shape index (κ1) is 16.1.